The van der Waals surface area contributed by atoms with Gasteiger partial charge in [0.25, 0.3) is 0 Å². The molecule has 0 saturated heterocycles. The number of hydrogen-bond acceptors (Lipinski definition) is 2. The molecule has 1 fully saturated rings. The zero-order valence-electron chi connectivity index (χ0n) is 10.5. The highest BCUT2D eigenvalue weighted by molar-refractivity contribution is 5.89. The molecule has 18 heavy (non-hydrogen) atoms. The molecule has 1 aliphatic carbocycles. The Kier molecular flexibility index (Phi) is 2.17. The lowest BCUT2D eigenvalue weighted by molar-refractivity contribution is 0.273. The number of benzene rings is 1. The first-order chi connectivity index (χ1) is 8.78. The van der Waals surface area contributed by atoms with Crippen molar-refractivity contribution in [1.29, 1.82) is 0 Å². The van der Waals surface area contributed by atoms with E-state index in [0.29, 0.717) is 24.9 Å². The highest BCUT2D eigenvalue weighted by Crippen LogP contribution is 2.51. The Bertz CT molecular complexity index is 525. The SMILES string of the molecule is [O-][N+]12CCN=Cc3cccc(c31)C1CCCC1C2. The normalized spacial score (nSPS) is 36.9. The Balaban J connectivity index is 1.97. The predicted octanol–water partition coefficient (Wildman–Crippen LogP) is 2.82. The standard InChI is InChI=1S/C15H18N2O/c18-17-8-7-16-9-11-3-1-6-14(15(11)17)13-5-2-4-12(13)10-17/h1,3,6,9,12-13H,2,4-5,7-8,10H2. The van der Waals surface area contributed by atoms with Crippen LogP contribution >= 0.6 is 0 Å². The van der Waals surface area contributed by atoms with Crippen molar-refractivity contribution in [3.8, 4) is 0 Å². The van der Waals surface area contributed by atoms with Crippen molar-refractivity contribution in [2.45, 2.75) is 25.2 Å². The van der Waals surface area contributed by atoms with Crippen LogP contribution in [0.1, 0.15) is 36.3 Å². The van der Waals surface area contributed by atoms with E-state index in [-0.39, 0.29) is 4.65 Å². The van der Waals surface area contributed by atoms with Crippen molar-refractivity contribution in [3.63, 3.8) is 0 Å². The van der Waals surface area contributed by atoms with Crippen LogP contribution in [0.2, 0.25) is 0 Å². The second-order valence-corrected chi connectivity index (χ2v) is 5.91. The Hall–Kier alpha value is -1.19. The van der Waals surface area contributed by atoms with E-state index in [1.54, 1.807) is 0 Å². The summed E-state index contributed by atoms with van der Waals surface area (Å²) in [5.74, 6) is 1.23. The van der Waals surface area contributed by atoms with Crippen LogP contribution in [0, 0.1) is 11.1 Å². The van der Waals surface area contributed by atoms with E-state index >= 15 is 0 Å². The molecule has 94 valence electrons. The average Bonchev–Trinajstić information content (AvgIpc) is 2.75. The molecule has 1 aromatic carbocycles. The summed E-state index contributed by atoms with van der Waals surface area (Å²) in [6.07, 6.45) is 5.69. The predicted molar refractivity (Wildman–Crippen MR) is 73.9 cm³/mol. The van der Waals surface area contributed by atoms with E-state index in [9.17, 15) is 5.21 Å². The summed E-state index contributed by atoms with van der Waals surface area (Å²) in [6.45, 7) is 2.05. The fraction of sp³-hybridized carbons (Fsp3) is 0.533. The van der Waals surface area contributed by atoms with Gasteiger partial charge in [-0.1, -0.05) is 18.6 Å². The first-order valence-corrected chi connectivity index (χ1v) is 6.99. The largest absolute Gasteiger partial charge is 0.627 e. The molecule has 0 aromatic heterocycles. The minimum Gasteiger partial charge on any atom is -0.627 e. The minimum atomic E-state index is -0.132. The van der Waals surface area contributed by atoms with Crippen molar-refractivity contribution in [2.75, 3.05) is 19.6 Å². The lowest BCUT2D eigenvalue weighted by atomic mass is 9.82. The van der Waals surface area contributed by atoms with Gasteiger partial charge in [0.2, 0.25) is 0 Å². The maximum atomic E-state index is 13.2. The van der Waals surface area contributed by atoms with Gasteiger partial charge < -0.3 is 9.85 Å². The van der Waals surface area contributed by atoms with Crippen molar-refractivity contribution in [1.82, 2.24) is 4.65 Å². The topological polar surface area (TPSA) is 35.4 Å². The molecule has 3 nitrogen and oxygen atoms in total. The van der Waals surface area contributed by atoms with Crippen LogP contribution in [-0.2, 0) is 0 Å². The van der Waals surface area contributed by atoms with Gasteiger partial charge in [-0.15, -0.1) is 0 Å². The third-order valence-corrected chi connectivity index (χ3v) is 4.91. The van der Waals surface area contributed by atoms with Crippen LogP contribution in [0.4, 0.5) is 5.69 Å². The summed E-state index contributed by atoms with van der Waals surface area (Å²) in [5, 5.41) is 13.2. The van der Waals surface area contributed by atoms with Crippen LogP contribution in [0.5, 0.6) is 0 Å². The van der Waals surface area contributed by atoms with Crippen molar-refractivity contribution in [2.24, 2.45) is 10.9 Å². The van der Waals surface area contributed by atoms with E-state index in [0.717, 1.165) is 17.8 Å². The summed E-state index contributed by atoms with van der Waals surface area (Å²) in [5.41, 5.74) is 3.41. The molecule has 0 N–H and O–H groups in total. The van der Waals surface area contributed by atoms with Crippen molar-refractivity contribution < 1.29 is 0 Å². The highest BCUT2D eigenvalue weighted by atomic mass is 16.5. The molecule has 2 heterocycles. The molecule has 0 radical (unpaired) electrons. The zero-order valence-corrected chi connectivity index (χ0v) is 10.5. The number of hydrogen-bond donors (Lipinski definition) is 0. The third-order valence-electron chi connectivity index (χ3n) is 4.91. The number of para-hydroxylation sites is 1. The molecular formula is C15H18N2O. The van der Waals surface area contributed by atoms with Gasteiger partial charge in [0.05, 0.1) is 18.7 Å². The van der Waals surface area contributed by atoms with Gasteiger partial charge in [-0.2, -0.15) is 0 Å². The number of nitrogens with zero attached hydrogens (tertiary/aromatic N) is 2. The summed E-state index contributed by atoms with van der Waals surface area (Å²) < 4.78 is -0.132. The number of rotatable bonds is 0. The Morgan fingerprint density at radius 2 is 2.22 bits per heavy atom. The van der Waals surface area contributed by atoms with Crippen LogP contribution in [0.25, 0.3) is 0 Å². The van der Waals surface area contributed by atoms with Crippen LogP contribution in [0.15, 0.2) is 23.2 Å². The molecule has 3 aliphatic rings. The Morgan fingerprint density at radius 1 is 1.28 bits per heavy atom. The van der Waals surface area contributed by atoms with Gasteiger partial charge in [-0.25, -0.2) is 0 Å². The number of fused-ring (bicyclic) bond motifs is 2. The second kappa shape index (κ2) is 3.65. The van der Waals surface area contributed by atoms with E-state index in [1.807, 2.05) is 12.3 Å². The Morgan fingerprint density at radius 3 is 3.17 bits per heavy atom. The number of aliphatic imine (C=N–C) groups is 1. The van der Waals surface area contributed by atoms with Gasteiger partial charge in [0.15, 0.2) is 0 Å². The molecule has 0 amide bonds. The number of hydroxylamine groups is 2. The van der Waals surface area contributed by atoms with Gasteiger partial charge in [0, 0.05) is 17.7 Å². The fourth-order valence-electron chi connectivity index (χ4n) is 4.17. The summed E-state index contributed by atoms with van der Waals surface area (Å²) in [7, 11) is 0. The van der Waals surface area contributed by atoms with E-state index in [4.69, 9.17) is 0 Å². The fourth-order valence-corrected chi connectivity index (χ4v) is 4.17. The molecule has 4 rings (SSSR count). The molecular weight excluding hydrogens is 224 g/mol. The zero-order chi connectivity index (χ0) is 12.2. The molecule has 3 unspecified atom stereocenters. The first kappa shape index (κ1) is 10.7. The molecule has 2 aliphatic heterocycles. The lowest BCUT2D eigenvalue weighted by Gasteiger charge is -2.49. The molecule has 3 atom stereocenters. The molecule has 1 aromatic rings. The summed E-state index contributed by atoms with van der Waals surface area (Å²) in [6, 6.07) is 6.33. The quantitative estimate of drug-likeness (QED) is 0.509. The Labute approximate surface area is 107 Å². The van der Waals surface area contributed by atoms with Crippen LogP contribution in [0.3, 0.4) is 0 Å². The second-order valence-electron chi connectivity index (χ2n) is 5.91. The highest BCUT2D eigenvalue weighted by Gasteiger charge is 2.44. The van der Waals surface area contributed by atoms with Gasteiger partial charge in [-0.05, 0) is 24.8 Å². The van der Waals surface area contributed by atoms with Crippen molar-refractivity contribution in [3.05, 3.63) is 34.5 Å². The summed E-state index contributed by atoms with van der Waals surface area (Å²) >= 11 is 0. The molecule has 1 saturated carbocycles. The maximum Gasteiger partial charge on any atom is 0.145 e. The minimum absolute atomic E-state index is 0.132. The molecule has 3 heteroatoms. The monoisotopic (exact) mass is 242 g/mol. The first-order valence-electron chi connectivity index (χ1n) is 6.99. The van der Waals surface area contributed by atoms with Crippen LogP contribution in [-0.4, -0.2) is 25.8 Å². The summed E-state index contributed by atoms with van der Waals surface area (Å²) in [4.78, 5) is 4.38. The molecule has 0 spiro atoms. The van der Waals surface area contributed by atoms with E-state index in [2.05, 4.69) is 17.1 Å². The lowest BCUT2D eigenvalue weighted by Crippen LogP contribution is -2.52. The number of quaternary nitrogens is 1. The van der Waals surface area contributed by atoms with Crippen molar-refractivity contribution >= 4 is 11.9 Å². The van der Waals surface area contributed by atoms with Gasteiger partial charge in [-0.3, -0.25) is 4.99 Å². The molecule has 0 bridgehead atoms. The maximum absolute atomic E-state index is 13.2. The van der Waals surface area contributed by atoms with Crippen LogP contribution < -0.4 is 4.65 Å². The smallest absolute Gasteiger partial charge is 0.145 e. The van der Waals surface area contributed by atoms with E-state index in [1.165, 1.54) is 24.8 Å². The van der Waals surface area contributed by atoms with E-state index < -0.39 is 0 Å². The van der Waals surface area contributed by atoms with Gasteiger partial charge in [0.1, 0.15) is 12.2 Å². The third kappa shape index (κ3) is 1.35. The average molecular weight is 242 g/mol. The van der Waals surface area contributed by atoms with Gasteiger partial charge >= 0.3 is 0 Å².